The lowest BCUT2D eigenvalue weighted by Crippen LogP contribution is -2.31. The maximum Gasteiger partial charge on any atom is 0.175 e. The second-order valence-electron chi connectivity index (χ2n) is 4.98. The van der Waals surface area contributed by atoms with Crippen LogP contribution in [0.2, 0.25) is 0 Å². The highest BCUT2D eigenvalue weighted by atomic mass is 79.9. The Morgan fingerprint density at radius 1 is 1.22 bits per heavy atom. The molecule has 0 bridgehead atoms. The van der Waals surface area contributed by atoms with Gasteiger partial charge in [-0.3, -0.25) is 0 Å². The largest absolute Gasteiger partial charge is 0.486 e. The van der Waals surface area contributed by atoms with Gasteiger partial charge in [0.25, 0.3) is 0 Å². The normalized spacial score (nSPS) is 22.8. The fourth-order valence-corrected chi connectivity index (χ4v) is 3.16. The van der Waals surface area contributed by atoms with E-state index in [-0.39, 0.29) is 0 Å². The van der Waals surface area contributed by atoms with Gasteiger partial charge in [0.15, 0.2) is 11.5 Å². The zero-order valence-corrected chi connectivity index (χ0v) is 12.0. The smallest absolute Gasteiger partial charge is 0.175 e. The van der Waals surface area contributed by atoms with Crippen molar-refractivity contribution in [1.82, 2.24) is 5.32 Å². The molecule has 4 heteroatoms. The molecular formula is C14H18BrNO2. The van der Waals surface area contributed by atoms with Gasteiger partial charge in [-0.05, 0) is 65.8 Å². The topological polar surface area (TPSA) is 30.5 Å². The molecule has 18 heavy (non-hydrogen) atoms. The molecule has 1 aromatic rings. The lowest BCUT2D eigenvalue weighted by atomic mass is 9.92. The maximum absolute atomic E-state index is 5.80. The molecule has 1 aromatic carbocycles. The Morgan fingerprint density at radius 3 is 2.83 bits per heavy atom. The van der Waals surface area contributed by atoms with E-state index in [9.17, 15) is 0 Å². The zero-order valence-electron chi connectivity index (χ0n) is 10.4. The van der Waals surface area contributed by atoms with Crippen molar-refractivity contribution in [2.75, 3.05) is 26.3 Å². The Labute approximate surface area is 116 Å². The second kappa shape index (κ2) is 5.49. The molecule has 0 spiro atoms. The number of fused-ring (bicyclic) bond motifs is 1. The third-order valence-corrected chi connectivity index (χ3v) is 4.25. The fraction of sp³-hybridized carbons (Fsp3) is 0.571. The average Bonchev–Trinajstić information content (AvgIpc) is 2.44. The van der Waals surface area contributed by atoms with E-state index in [4.69, 9.17) is 9.47 Å². The summed E-state index contributed by atoms with van der Waals surface area (Å²) >= 11 is 3.52. The second-order valence-corrected chi connectivity index (χ2v) is 5.83. The number of ether oxygens (including phenoxy) is 2. The first-order valence-corrected chi connectivity index (χ1v) is 7.41. The van der Waals surface area contributed by atoms with E-state index in [0.29, 0.717) is 13.2 Å². The number of benzene rings is 1. The molecule has 1 atom stereocenters. The molecule has 2 aliphatic heterocycles. The molecule has 1 N–H and O–H groups in total. The molecule has 0 radical (unpaired) electrons. The van der Waals surface area contributed by atoms with E-state index in [1.54, 1.807) is 0 Å². The van der Waals surface area contributed by atoms with Crippen LogP contribution < -0.4 is 14.8 Å². The number of hydrogen-bond donors (Lipinski definition) is 1. The first kappa shape index (κ1) is 12.3. The molecular weight excluding hydrogens is 294 g/mol. The number of rotatable bonds is 2. The first-order chi connectivity index (χ1) is 8.84. The van der Waals surface area contributed by atoms with Gasteiger partial charge in [0.1, 0.15) is 13.2 Å². The molecule has 1 fully saturated rings. The Hall–Kier alpha value is -0.740. The molecule has 3 nitrogen and oxygen atoms in total. The van der Waals surface area contributed by atoms with E-state index >= 15 is 0 Å². The lowest BCUT2D eigenvalue weighted by Gasteiger charge is -2.26. The minimum Gasteiger partial charge on any atom is -0.486 e. The van der Waals surface area contributed by atoms with Crippen molar-refractivity contribution < 1.29 is 9.47 Å². The van der Waals surface area contributed by atoms with Crippen molar-refractivity contribution in [2.24, 2.45) is 5.92 Å². The van der Waals surface area contributed by atoms with Gasteiger partial charge in [0.05, 0.1) is 4.47 Å². The predicted octanol–water partition coefficient (Wildman–Crippen LogP) is 2.76. The Bertz CT molecular complexity index is 430. The lowest BCUT2D eigenvalue weighted by molar-refractivity contribution is 0.168. The summed E-state index contributed by atoms with van der Waals surface area (Å²) in [6.07, 6.45) is 3.66. The van der Waals surface area contributed by atoms with Crippen LogP contribution in [0.5, 0.6) is 11.5 Å². The summed E-state index contributed by atoms with van der Waals surface area (Å²) in [7, 11) is 0. The van der Waals surface area contributed by atoms with Gasteiger partial charge < -0.3 is 14.8 Å². The summed E-state index contributed by atoms with van der Waals surface area (Å²) in [5, 5.41) is 3.47. The highest BCUT2D eigenvalue weighted by Gasteiger charge is 2.22. The quantitative estimate of drug-likeness (QED) is 0.911. The van der Waals surface area contributed by atoms with Crippen LogP contribution in [0.15, 0.2) is 16.6 Å². The molecule has 0 aromatic heterocycles. The van der Waals surface area contributed by atoms with E-state index in [1.165, 1.54) is 18.4 Å². The molecule has 1 saturated heterocycles. The van der Waals surface area contributed by atoms with Gasteiger partial charge in [-0.15, -0.1) is 0 Å². The molecule has 3 rings (SSSR count). The minimum absolute atomic E-state index is 0.639. The van der Waals surface area contributed by atoms with E-state index in [1.807, 2.05) is 0 Å². The van der Waals surface area contributed by atoms with Crippen LogP contribution in [-0.4, -0.2) is 26.3 Å². The van der Waals surface area contributed by atoms with Crippen molar-refractivity contribution >= 4 is 15.9 Å². The van der Waals surface area contributed by atoms with E-state index in [0.717, 1.165) is 41.4 Å². The van der Waals surface area contributed by atoms with Crippen molar-refractivity contribution in [3.05, 3.63) is 22.2 Å². The SMILES string of the molecule is Brc1ccc(CC2CCCNC2)c2c1OCCO2. The fourth-order valence-electron chi connectivity index (χ4n) is 2.73. The summed E-state index contributed by atoms with van der Waals surface area (Å²) in [5.41, 5.74) is 1.28. The van der Waals surface area contributed by atoms with Crippen molar-refractivity contribution in [2.45, 2.75) is 19.3 Å². The summed E-state index contributed by atoms with van der Waals surface area (Å²) in [5.74, 6) is 2.54. The molecule has 0 amide bonds. The third kappa shape index (κ3) is 2.50. The highest BCUT2D eigenvalue weighted by Crippen LogP contribution is 2.41. The number of nitrogens with one attached hydrogen (secondary N) is 1. The first-order valence-electron chi connectivity index (χ1n) is 6.62. The van der Waals surface area contributed by atoms with Crippen LogP contribution in [-0.2, 0) is 6.42 Å². The summed E-state index contributed by atoms with van der Waals surface area (Å²) in [6.45, 7) is 3.57. The molecule has 0 saturated carbocycles. The standard InChI is InChI=1S/C14H18BrNO2/c15-12-4-3-11(8-10-2-1-5-16-9-10)13-14(12)18-7-6-17-13/h3-4,10,16H,1-2,5-9H2. The number of halogens is 1. The van der Waals surface area contributed by atoms with Crippen LogP contribution in [0.4, 0.5) is 0 Å². The van der Waals surface area contributed by atoms with Crippen molar-refractivity contribution in [3.8, 4) is 11.5 Å². The van der Waals surface area contributed by atoms with Gasteiger partial charge in [-0.25, -0.2) is 0 Å². The molecule has 0 aliphatic carbocycles. The van der Waals surface area contributed by atoms with Gasteiger partial charge in [0.2, 0.25) is 0 Å². The van der Waals surface area contributed by atoms with Gasteiger partial charge >= 0.3 is 0 Å². The number of hydrogen-bond acceptors (Lipinski definition) is 3. The summed E-state index contributed by atoms with van der Waals surface area (Å²) in [6, 6.07) is 4.23. The van der Waals surface area contributed by atoms with E-state index in [2.05, 4.69) is 33.4 Å². The van der Waals surface area contributed by atoms with E-state index < -0.39 is 0 Å². The Kier molecular flexibility index (Phi) is 3.75. The Morgan fingerprint density at radius 2 is 2.06 bits per heavy atom. The van der Waals surface area contributed by atoms with Gasteiger partial charge in [-0.2, -0.15) is 0 Å². The third-order valence-electron chi connectivity index (χ3n) is 3.63. The van der Waals surface area contributed by atoms with Crippen molar-refractivity contribution in [1.29, 1.82) is 0 Å². The molecule has 98 valence electrons. The minimum atomic E-state index is 0.639. The molecule has 1 unspecified atom stereocenters. The van der Waals surface area contributed by atoms with Crippen LogP contribution in [0.25, 0.3) is 0 Å². The predicted molar refractivity (Wildman–Crippen MR) is 74.4 cm³/mol. The monoisotopic (exact) mass is 311 g/mol. The Balaban J connectivity index is 1.82. The van der Waals surface area contributed by atoms with Gasteiger partial charge in [-0.1, -0.05) is 6.07 Å². The summed E-state index contributed by atoms with van der Waals surface area (Å²) in [4.78, 5) is 0. The van der Waals surface area contributed by atoms with Crippen LogP contribution in [0.3, 0.4) is 0 Å². The molecule has 2 heterocycles. The van der Waals surface area contributed by atoms with Crippen LogP contribution in [0.1, 0.15) is 18.4 Å². The van der Waals surface area contributed by atoms with Crippen LogP contribution in [0, 0.1) is 5.92 Å². The van der Waals surface area contributed by atoms with Crippen molar-refractivity contribution in [3.63, 3.8) is 0 Å². The van der Waals surface area contributed by atoms with Gasteiger partial charge in [0, 0.05) is 0 Å². The molecule has 2 aliphatic rings. The summed E-state index contributed by atoms with van der Waals surface area (Å²) < 4.78 is 12.5. The zero-order chi connectivity index (χ0) is 12.4. The maximum atomic E-state index is 5.80. The van der Waals surface area contributed by atoms with Crippen LogP contribution >= 0.6 is 15.9 Å². The highest BCUT2D eigenvalue weighted by molar-refractivity contribution is 9.10. The average molecular weight is 312 g/mol. The number of piperidine rings is 1.